The maximum atomic E-state index is 13.5. The Morgan fingerprint density at radius 1 is 0.833 bits per heavy atom. The van der Waals surface area contributed by atoms with E-state index >= 15 is 0 Å². The van der Waals surface area contributed by atoms with E-state index in [2.05, 4.69) is 5.32 Å². The lowest BCUT2D eigenvalue weighted by atomic mass is 10.1. The van der Waals surface area contributed by atoms with E-state index in [0.717, 1.165) is 11.1 Å². The van der Waals surface area contributed by atoms with Crippen molar-refractivity contribution in [1.29, 1.82) is 0 Å². The Morgan fingerprint density at radius 3 is 2.14 bits per heavy atom. The van der Waals surface area contributed by atoms with Gasteiger partial charge in [0.05, 0.1) is 25.2 Å². The monoisotopic (exact) mass is 486 g/mol. The number of hydrogen-bond acceptors (Lipinski definition) is 5. The third-order valence-electron chi connectivity index (χ3n) is 6.06. The number of nitrogens with one attached hydrogen (secondary N) is 1. The molecule has 1 aliphatic heterocycles. The Labute approximate surface area is 211 Å². The van der Waals surface area contributed by atoms with Crippen LogP contribution in [0.2, 0.25) is 0 Å². The minimum absolute atomic E-state index is 0.205. The normalized spacial score (nSPS) is 15.2. The molecule has 0 spiro atoms. The lowest BCUT2D eigenvalue weighted by Crippen LogP contribution is -2.57. The Kier molecular flexibility index (Phi) is 8.70. The van der Waals surface area contributed by atoms with Crippen molar-refractivity contribution >= 4 is 17.8 Å². The third kappa shape index (κ3) is 6.72. The molecule has 0 bridgehead atoms. The van der Waals surface area contributed by atoms with Gasteiger partial charge in [0.25, 0.3) is 5.91 Å². The second kappa shape index (κ2) is 12.5. The van der Waals surface area contributed by atoms with E-state index in [4.69, 9.17) is 9.47 Å². The molecule has 0 aliphatic carbocycles. The maximum Gasteiger partial charge on any atom is 0.308 e. The van der Waals surface area contributed by atoms with Crippen LogP contribution >= 0.6 is 0 Å². The fourth-order valence-electron chi connectivity index (χ4n) is 4.15. The van der Waals surface area contributed by atoms with Gasteiger partial charge in [-0.2, -0.15) is 0 Å². The quantitative estimate of drug-likeness (QED) is 0.444. The van der Waals surface area contributed by atoms with Crippen LogP contribution in [0.25, 0.3) is 0 Å². The average Bonchev–Trinajstić information content (AvgIpc) is 2.91. The van der Waals surface area contributed by atoms with Crippen molar-refractivity contribution in [2.24, 2.45) is 0 Å². The summed E-state index contributed by atoms with van der Waals surface area (Å²) in [6.45, 7) is 1.24. The molecule has 1 N–H and O–H groups in total. The number of hydrogen-bond donors (Lipinski definition) is 1. The Morgan fingerprint density at radius 2 is 1.44 bits per heavy atom. The fraction of sp³-hybridized carbons (Fsp3) is 0.276. The van der Waals surface area contributed by atoms with Crippen LogP contribution in [0, 0.1) is 0 Å². The summed E-state index contributed by atoms with van der Waals surface area (Å²) < 4.78 is 11.3. The van der Waals surface area contributed by atoms with Crippen LogP contribution < -0.4 is 10.1 Å². The van der Waals surface area contributed by atoms with Gasteiger partial charge in [-0.25, -0.2) is 0 Å². The topological polar surface area (TPSA) is 84.9 Å². The number of amides is 2. The van der Waals surface area contributed by atoms with Crippen LogP contribution in [0.4, 0.5) is 0 Å². The van der Waals surface area contributed by atoms with Gasteiger partial charge in [-0.1, -0.05) is 72.8 Å². The summed E-state index contributed by atoms with van der Waals surface area (Å²) in [4.78, 5) is 40.1. The summed E-state index contributed by atoms with van der Waals surface area (Å²) in [6.07, 6.45) is 1.08. The highest BCUT2D eigenvalue weighted by Gasteiger charge is 2.36. The highest BCUT2D eigenvalue weighted by atomic mass is 16.5. The van der Waals surface area contributed by atoms with E-state index in [0.29, 0.717) is 43.9 Å². The standard InChI is InChI=1S/C29H30N2O5/c32-27(36-20-16-23-11-5-2-6-12-23)21-25-28(33)30-17-18-31(25)29(34)24-13-7-8-14-26(24)35-19-15-22-9-3-1-4-10-22/h1-14,25H,15-21H2,(H,30,33). The highest BCUT2D eigenvalue weighted by Crippen LogP contribution is 2.23. The number of piperazine rings is 1. The van der Waals surface area contributed by atoms with Crippen molar-refractivity contribution in [2.75, 3.05) is 26.3 Å². The molecule has 1 aliphatic rings. The molecule has 1 saturated heterocycles. The minimum Gasteiger partial charge on any atom is -0.492 e. The molecule has 7 heteroatoms. The number of benzene rings is 3. The number of nitrogens with zero attached hydrogens (tertiary/aromatic N) is 1. The molecular formula is C29H30N2O5. The highest BCUT2D eigenvalue weighted by molar-refractivity contribution is 6.01. The molecule has 4 rings (SSSR count). The van der Waals surface area contributed by atoms with E-state index < -0.39 is 12.0 Å². The number of ether oxygens (including phenoxy) is 2. The molecule has 186 valence electrons. The van der Waals surface area contributed by atoms with Gasteiger partial charge < -0.3 is 19.7 Å². The lowest BCUT2D eigenvalue weighted by molar-refractivity contribution is -0.147. The van der Waals surface area contributed by atoms with Crippen molar-refractivity contribution in [3.8, 4) is 5.75 Å². The average molecular weight is 487 g/mol. The number of rotatable bonds is 10. The first-order valence-electron chi connectivity index (χ1n) is 12.2. The second-order valence-corrected chi connectivity index (χ2v) is 8.55. The van der Waals surface area contributed by atoms with Gasteiger partial charge in [-0.05, 0) is 23.3 Å². The van der Waals surface area contributed by atoms with Crippen molar-refractivity contribution in [3.63, 3.8) is 0 Å². The molecule has 1 heterocycles. The first-order valence-corrected chi connectivity index (χ1v) is 12.2. The molecule has 1 atom stereocenters. The third-order valence-corrected chi connectivity index (χ3v) is 6.06. The van der Waals surface area contributed by atoms with Gasteiger partial charge >= 0.3 is 5.97 Å². The van der Waals surface area contributed by atoms with Crippen LogP contribution in [0.1, 0.15) is 27.9 Å². The van der Waals surface area contributed by atoms with E-state index in [9.17, 15) is 14.4 Å². The van der Waals surface area contributed by atoms with E-state index in [1.807, 2.05) is 60.7 Å². The molecule has 0 saturated carbocycles. The molecule has 0 aromatic heterocycles. The summed E-state index contributed by atoms with van der Waals surface area (Å²) in [7, 11) is 0. The molecule has 3 aromatic rings. The van der Waals surface area contributed by atoms with Gasteiger partial charge in [0.1, 0.15) is 11.8 Å². The van der Waals surface area contributed by atoms with Crippen molar-refractivity contribution in [1.82, 2.24) is 10.2 Å². The maximum absolute atomic E-state index is 13.5. The number of para-hydroxylation sites is 1. The van der Waals surface area contributed by atoms with Crippen LogP contribution in [-0.4, -0.2) is 55.0 Å². The largest absolute Gasteiger partial charge is 0.492 e. The Bertz CT molecular complexity index is 1170. The smallest absolute Gasteiger partial charge is 0.308 e. The first-order chi connectivity index (χ1) is 17.6. The Balaban J connectivity index is 1.38. The summed E-state index contributed by atoms with van der Waals surface area (Å²) >= 11 is 0. The zero-order valence-electron chi connectivity index (χ0n) is 20.1. The van der Waals surface area contributed by atoms with Gasteiger partial charge in [0.2, 0.25) is 5.91 Å². The predicted molar refractivity (Wildman–Crippen MR) is 136 cm³/mol. The molecule has 0 radical (unpaired) electrons. The molecule has 36 heavy (non-hydrogen) atoms. The summed E-state index contributed by atoms with van der Waals surface area (Å²) in [5.74, 6) is -0.772. The molecule has 2 amide bonds. The SMILES string of the molecule is O=C(CC1C(=O)NCCN1C(=O)c1ccccc1OCCc1ccccc1)OCCc1ccccc1. The van der Waals surface area contributed by atoms with Gasteiger partial charge in [0, 0.05) is 25.9 Å². The van der Waals surface area contributed by atoms with Crippen LogP contribution in [0.15, 0.2) is 84.9 Å². The second-order valence-electron chi connectivity index (χ2n) is 8.55. The van der Waals surface area contributed by atoms with Gasteiger partial charge in [-0.15, -0.1) is 0 Å². The van der Waals surface area contributed by atoms with E-state index in [-0.39, 0.29) is 24.8 Å². The molecule has 7 nitrogen and oxygen atoms in total. The first kappa shape index (κ1) is 25.0. The van der Waals surface area contributed by atoms with Crippen molar-refractivity contribution < 1.29 is 23.9 Å². The Hall–Kier alpha value is -4.13. The van der Waals surface area contributed by atoms with E-state index in [1.54, 1.807) is 24.3 Å². The van der Waals surface area contributed by atoms with Gasteiger partial charge in [0.15, 0.2) is 0 Å². The summed E-state index contributed by atoms with van der Waals surface area (Å²) in [5.41, 5.74) is 2.56. The fourth-order valence-corrected chi connectivity index (χ4v) is 4.15. The van der Waals surface area contributed by atoms with Crippen LogP contribution in [0.3, 0.4) is 0 Å². The molecular weight excluding hydrogens is 456 g/mol. The van der Waals surface area contributed by atoms with Crippen LogP contribution in [-0.2, 0) is 27.2 Å². The molecule has 1 unspecified atom stereocenters. The predicted octanol–water partition coefficient (Wildman–Crippen LogP) is 3.42. The van der Waals surface area contributed by atoms with Crippen LogP contribution in [0.5, 0.6) is 5.75 Å². The summed E-state index contributed by atoms with van der Waals surface area (Å²) in [5, 5.41) is 2.75. The zero-order valence-corrected chi connectivity index (χ0v) is 20.1. The number of carbonyl (C=O) groups excluding carboxylic acids is 3. The lowest BCUT2D eigenvalue weighted by Gasteiger charge is -2.34. The van der Waals surface area contributed by atoms with Crippen molar-refractivity contribution in [3.05, 3.63) is 102 Å². The minimum atomic E-state index is -0.937. The van der Waals surface area contributed by atoms with Gasteiger partial charge in [-0.3, -0.25) is 14.4 Å². The summed E-state index contributed by atoms with van der Waals surface area (Å²) in [6, 6.07) is 25.7. The van der Waals surface area contributed by atoms with E-state index in [1.165, 1.54) is 4.90 Å². The molecule has 1 fully saturated rings. The zero-order chi connectivity index (χ0) is 25.2. The van der Waals surface area contributed by atoms with Crippen molar-refractivity contribution in [2.45, 2.75) is 25.3 Å². The number of carbonyl (C=O) groups is 3. The number of esters is 1. The molecule has 3 aromatic carbocycles.